The number of nitrogens with one attached hydrogen (secondary N) is 2. The van der Waals surface area contributed by atoms with E-state index in [0.29, 0.717) is 24.4 Å². The number of hydrogen-bond acceptors (Lipinski definition) is 6. The maximum absolute atomic E-state index is 14.0. The van der Waals surface area contributed by atoms with Crippen molar-refractivity contribution in [2.45, 2.75) is 30.6 Å². The number of hydrogen-bond donors (Lipinski definition) is 2. The Morgan fingerprint density at radius 2 is 1.79 bits per heavy atom. The third kappa shape index (κ3) is 5.63. The van der Waals surface area contributed by atoms with Gasteiger partial charge in [0, 0.05) is 60.3 Å². The molecule has 216 valence electrons. The fraction of sp³-hybridized carbons (Fsp3) is 0.273. The van der Waals surface area contributed by atoms with Gasteiger partial charge in [0.15, 0.2) is 11.6 Å². The quantitative estimate of drug-likeness (QED) is 0.208. The molecule has 2 fully saturated rings. The number of anilines is 2. The molecule has 3 heterocycles. The van der Waals surface area contributed by atoms with Gasteiger partial charge in [0.25, 0.3) is 0 Å². The van der Waals surface area contributed by atoms with Crippen molar-refractivity contribution in [3.8, 4) is 0 Å². The fourth-order valence-electron chi connectivity index (χ4n) is 6.13. The second-order valence-electron chi connectivity index (χ2n) is 11.0. The monoisotopic (exact) mass is 587 g/mol. The highest BCUT2D eigenvalue weighted by Gasteiger charge is 2.45. The molecule has 2 N–H and O–H groups in total. The highest BCUT2D eigenvalue weighted by Crippen LogP contribution is 2.53. The number of piperidine rings is 1. The van der Waals surface area contributed by atoms with Crippen molar-refractivity contribution in [3.05, 3.63) is 113 Å². The molecular formula is C33H32F3N5S. The average Bonchev–Trinajstić information content (AvgIpc) is 3.55. The van der Waals surface area contributed by atoms with Crippen molar-refractivity contribution in [2.24, 2.45) is 5.41 Å². The molecule has 1 aromatic heterocycles. The van der Waals surface area contributed by atoms with Gasteiger partial charge in [-0.05, 0) is 115 Å². The van der Waals surface area contributed by atoms with Crippen LogP contribution in [0, 0.1) is 28.3 Å². The van der Waals surface area contributed by atoms with Crippen LogP contribution in [0.2, 0.25) is 0 Å². The Labute approximate surface area is 248 Å². The normalized spacial score (nSPS) is 20.7. The van der Waals surface area contributed by atoms with Gasteiger partial charge < -0.3 is 15.6 Å². The minimum absolute atomic E-state index is 0.310. The zero-order chi connectivity index (χ0) is 29.3. The lowest BCUT2D eigenvalue weighted by molar-refractivity contribution is 0.287. The van der Waals surface area contributed by atoms with E-state index in [9.17, 15) is 13.2 Å². The van der Waals surface area contributed by atoms with Crippen LogP contribution < -0.4 is 10.2 Å². The van der Waals surface area contributed by atoms with E-state index in [-0.39, 0.29) is 5.82 Å². The number of fused-ring (bicyclic) bond motifs is 1. The summed E-state index contributed by atoms with van der Waals surface area (Å²) in [6, 6.07) is 14.3. The first-order valence-electron chi connectivity index (χ1n) is 14.1. The first-order valence-corrected chi connectivity index (χ1v) is 14.9. The molecule has 6 rings (SSSR count). The average molecular weight is 588 g/mol. The molecule has 3 aromatic rings. The van der Waals surface area contributed by atoms with Crippen molar-refractivity contribution < 1.29 is 13.2 Å². The molecule has 1 aliphatic carbocycles. The summed E-state index contributed by atoms with van der Waals surface area (Å²) in [6.07, 6.45) is 8.87. The molecular weight excluding hydrogens is 555 g/mol. The molecule has 2 saturated heterocycles. The van der Waals surface area contributed by atoms with E-state index in [1.165, 1.54) is 41.9 Å². The van der Waals surface area contributed by atoms with Crippen LogP contribution in [0.15, 0.2) is 95.2 Å². The van der Waals surface area contributed by atoms with Crippen LogP contribution in [0.25, 0.3) is 5.57 Å². The highest BCUT2D eigenvalue weighted by molar-refractivity contribution is 7.97. The van der Waals surface area contributed by atoms with Crippen LogP contribution in [0.4, 0.5) is 24.7 Å². The first-order chi connectivity index (χ1) is 20.3. The standard InChI is InChI=1S/C33H32F3N5S/c1-22(23-10-12-38-32(16-23)40-13-2-3-14-40)33-19-24(20-37)31(39-27-6-4-26(34)5-7-27)17-25(33)11-15-41(21-33)42-28-8-9-29(35)30(36)18-28/h4-10,12,16-18,20,37,39H,1-3,11,13-15,19,21H2. The summed E-state index contributed by atoms with van der Waals surface area (Å²) in [5.41, 5.74) is 4.94. The molecule has 0 spiro atoms. The van der Waals surface area contributed by atoms with E-state index in [1.54, 1.807) is 18.2 Å². The van der Waals surface area contributed by atoms with Crippen molar-refractivity contribution in [2.75, 3.05) is 36.4 Å². The van der Waals surface area contributed by atoms with Crippen LogP contribution in [-0.2, 0) is 0 Å². The van der Waals surface area contributed by atoms with Gasteiger partial charge in [-0.3, -0.25) is 0 Å². The number of halogens is 3. The molecule has 2 aromatic carbocycles. The minimum atomic E-state index is -0.869. The SMILES string of the molecule is C=C(c1ccnc(N2CCCC2)c1)C12CC(C=N)=C(Nc3ccc(F)cc3)C=C1CCN(Sc1ccc(F)c(F)c1)C2. The number of nitrogens with zero attached hydrogens (tertiary/aromatic N) is 3. The summed E-state index contributed by atoms with van der Waals surface area (Å²) in [5, 5.41) is 11.7. The molecule has 42 heavy (non-hydrogen) atoms. The van der Waals surface area contributed by atoms with E-state index < -0.39 is 17.0 Å². The van der Waals surface area contributed by atoms with Gasteiger partial charge in [0.1, 0.15) is 11.6 Å². The van der Waals surface area contributed by atoms with Crippen LogP contribution >= 0.6 is 11.9 Å². The van der Waals surface area contributed by atoms with Crippen LogP contribution in [-0.4, -0.2) is 41.7 Å². The van der Waals surface area contributed by atoms with Crippen molar-refractivity contribution in [3.63, 3.8) is 0 Å². The summed E-state index contributed by atoms with van der Waals surface area (Å²) in [4.78, 5) is 7.56. The Morgan fingerprint density at radius 3 is 2.52 bits per heavy atom. The predicted octanol–water partition coefficient (Wildman–Crippen LogP) is 7.86. The van der Waals surface area contributed by atoms with E-state index >= 15 is 0 Å². The second kappa shape index (κ2) is 11.8. The maximum Gasteiger partial charge on any atom is 0.159 e. The Balaban J connectivity index is 1.36. The number of pyridine rings is 1. The van der Waals surface area contributed by atoms with E-state index in [0.717, 1.165) is 72.3 Å². The summed E-state index contributed by atoms with van der Waals surface area (Å²) in [6.45, 7) is 7.89. The van der Waals surface area contributed by atoms with Crippen LogP contribution in [0.1, 0.15) is 31.2 Å². The first kappa shape index (κ1) is 28.3. The lowest BCUT2D eigenvalue weighted by Crippen LogP contribution is -2.44. The number of rotatable bonds is 8. The zero-order valence-electron chi connectivity index (χ0n) is 23.2. The van der Waals surface area contributed by atoms with Gasteiger partial charge in [0.05, 0.1) is 0 Å². The van der Waals surface area contributed by atoms with Crippen LogP contribution in [0.3, 0.4) is 0 Å². The van der Waals surface area contributed by atoms with Crippen molar-refractivity contribution >= 4 is 35.2 Å². The van der Waals surface area contributed by atoms with Gasteiger partial charge in [-0.25, -0.2) is 22.5 Å². The maximum atomic E-state index is 14.0. The topological polar surface area (TPSA) is 55.3 Å². The van der Waals surface area contributed by atoms with Crippen LogP contribution in [0.5, 0.6) is 0 Å². The smallest absolute Gasteiger partial charge is 0.159 e. The number of aromatic nitrogens is 1. The minimum Gasteiger partial charge on any atom is -0.357 e. The van der Waals surface area contributed by atoms with E-state index in [1.807, 2.05) is 12.3 Å². The summed E-state index contributed by atoms with van der Waals surface area (Å²) >= 11 is 1.40. The lowest BCUT2D eigenvalue weighted by atomic mass is 9.63. The summed E-state index contributed by atoms with van der Waals surface area (Å²) in [7, 11) is 0. The Kier molecular flexibility index (Phi) is 7.96. The Bertz CT molecular complexity index is 1580. The van der Waals surface area contributed by atoms with Gasteiger partial charge in [-0.2, -0.15) is 0 Å². The van der Waals surface area contributed by atoms with E-state index in [4.69, 9.17) is 5.41 Å². The highest BCUT2D eigenvalue weighted by atomic mass is 32.2. The molecule has 3 aliphatic rings. The Morgan fingerprint density at radius 1 is 1.00 bits per heavy atom. The fourth-order valence-corrected chi connectivity index (χ4v) is 7.18. The second-order valence-corrected chi connectivity index (χ2v) is 12.2. The summed E-state index contributed by atoms with van der Waals surface area (Å²) < 4.78 is 43.4. The molecule has 1 unspecified atom stereocenters. The third-order valence-corrected chi connectivity index (χ3v) is 9.41. The molecule has 0 radical (unpaired) electrons. The van der Waals surface area contributed by atoms with Gasteiger partial charge in [-0.1, -0.05) is 12.2 Å². The van der Waals surface area contributed by atoms with Gasteiger partial charge in [-0.15, -0.1) is 0 Å². The van der Waals surface area contributed by atoms with Gasteiger partial charge >= 0.3 is 0 Å². The summed E-state index contributed by atoms with van der Waals surface area (Å²) in [5.74, 6) is -1.11. The molecule has 0 bridgehead atoms. The Hall–Kier alpha value is -3.82. The number of benzene rings is 2. The third-order valence-electron chi connectivity index (χ3n) is 8.37. The molecule has 9 heteroatoms. The molecule has 2 aliphatic heterocycles. The zero-order valence-corrected chi connectivity index (χ0v) is 24.0. The predicted molar refractivity (Wildman–Crippen MR) is 164 cm³/mol. The van der Waals surface area contributed by atoms with Crippen molar-refractivity contribution in [1.29, 1.82) is 5.41 Å². The molecule has 5 nitrogen and oxygen atoms in total. The van der Waals surface area contributed by atoms with Crippen molar-refractivity contribution in [1.82, 2.24) is 9.29 Å². The van der Waals surface area contributed by atoms with Gasteiger partial charge in [0.2, 0.25) is 0 Å². The molecule has 0 amide bonds. The number of allylic oxidation sites excluding steroid dienone is 2. The van der Waals surface area contributed by atoms with E-state index in [2.05, 4.69) is 38.2 Å². The molecule has 1 atom stereocenters. The largest absolute Gasteiger partial charge is 0.357 e. The molecule has 0 saturated carbocycles. The lowest BCUT2D eigenvalue weighted by Gasteiger charge is -2.48.